The molecular formula is C12H15BrN2O2S. The number of hydrogen-bond acceptors (Lipinski definition) is 4. The van der Waals surface area contributed by atoms with Crippen molar-refractivity contribution in [2.75, 3.05) is 25.1 Å². The number of nitrogens with zero attached hydrogens (tertiary/aromatic N) is 1. The topological polar surface area (TPSA) is 55.6 Å². The van der Waals surface area contributed by atoms with Gasteiger partial charge in [0.15, 0.2) is 0 Å². The highest BCUT2D eigenvalue weighted by Gasteiger charge is 2.13. The minimum absolute atomic E-state index is 0.158. The summed E-state index contributed by atoms with van der Waals surface area (Å²) < 4.78 is 5.79. The average molecular weight is 331 g/mol. The van der Waals surface area contributed by atoms with Crippen LogP contribution in [0.15, 0.2) is 22.7 Å². The Morgan fingerprint density at radius 1 is 1.56 bits per heavy atom. The number of thiocarbonyl (C=S) groups is 1. The van der Waals surface area contributed by atoms with Gasteiger partial charge in [-0.2, -0.15) is 0 Å². The zero-order chi connectivity index (χ0) is 13.7. The lowest BCUT2D eigenvalue weighted by molar-refractivity contribution is -0.141. The van der Waals surface area contributed by atoms with Crippen molar-refractivity contribution >= 4 is 44.8 Å². The molecule has 0 saturated carbocycles. The standard InChI is InChI=1S/C12H15BrN2O2S/c1-3-17-11(16)7-15(2)10-5-4-8(13)6-9(10)12(14)18/h4-6H,3,7H2,1-2H3,(H2,14,18). The molecule has 0 aliphatic heterocycles. The molecule has 0 fully saturated rings. The van der Waals surface area contributed by atoms with Crippen molar-refractivity contribution in [2.24, 2.45) is 5.73 Å². The SMILES string of the molecule is CCOC(=O)CN(C)c1ccc(Br)cc1C(N)=S. The fraction of sp³-hybridized carbons (Fsp3) is 0.333. The van der Waals surface area contributed by atoms with Crippen LogP contribution in [0.25, 0.3) is 0 Å². The molecule has 0 amide bonds. The van der Waals surface area contributed by atoms with Crippen molar-refractivity contribution in [3.8, 4) is 0 Å². The first-order valence-corrected chi connectivity index (χ1v) is 6.62. The summed E-state index contributed by atoms with van der Waals surface area (Å²) in [5, 5.41) is 0. The number of carbonyl (C=O) groups is 1. The molecule has 0 atom stereocenters. The van der Waals surface area contributed by atoms with Gasteiger partial charge in [-0.05, 0) is 25.1 Å². The van der Waals surface area contributed by atoms with Crippen LogP contribution in [0.2, 0.25) is 0 Å². The van der Waals surface area contributed by atoms with E-state index < -0.39 is 0 Å². The van der Waals surface area contributed by atoms with Gasteiger partial charge in [-0.15, -0.1) is 0 Å². The fourth-order valence-electron chi connectivity index (χ4n) is 1.52. The van der Waals surface area contributed by atoms with Gasteiger partial charge < -0.3 is 15.4 Å². The van der Waals surface area contributed by atoms with E-state index in [2.05, 4.69) is 15.9 Å². The molecule has 0 aliphatic rings. The van der Waals surface area contributed by atoms with Crippen LogP contribution in [0.5, 0.6) is 0 Å². The summed E-state index contributed by atoms with van der Waals surface area (Å²) in [6, 6.07) is 5.57. The summed E-state index contributed by atoms with van der Waals surface area (Å²) in [5.41, 5.74) is 7.21. The number of anilines is 1. The number of hydrogen-bond donors (Lipinski definition) is 1. The summed E-state index contributed by atoms with van der Waals surface area (Å²) in [4.78, 5) is 13.5. The minimum Gasteiger partial charge on any atom is -0.465 e. The van der Waals surface area contributed by atoms with Gasteiger partial charge >= 0.3 is 5.97 Å². The molecule has 0 aromatic heterocycles. The summed E-state index contributed by atoms with van der Waals surface area (Å²) in [7, 11) is 1.79. The second kappa shape index (κ2) is 6.70. The highest BCUT2D eigenvalue weighted by atomic mass is 79.9. The molecule has 4 nitrogen and oxygen atoms in total. The van der Waals surface area contributed by atoms with Crippen molar-refractivity contribution < 1.29 is 9.53 Å². The van der Waals surface area contributed by atoms with Crippen LogP contribution in [0, 0.1) is 0 Å². The minimum atomic E-state index is -0.281. The van der Waals surface area contributed by atoms with E-state index >= 15 is 0 Å². The normalized spacial score (nSPS) is 9.94. The largest absolute Gasteiger partial charge is 0.465 e. The molecule has 0 spiro atoms. The van der Waals surface area contributed by atoms with Crippen LogP contribution in [-0.4, -0.2) is 31.2 Å². The molecule has 0 bridgehead atoms. The summed E-state index contributed by atoms with van der Waals surface area (Å²) in [5.74, 6) is -0.281. The van der Waals surface area contributed by atoms with E-state index in [0.717, 1.165) is 15.7 Å². The Balaban J connectivity index is 2.94. The third-order valence-electron chi connectivity index (χ3n) is 2.31. The maximum atomic E-state index is 11.4. The first-order valence-electron chi connectivity index (χ1n) is 5.41. The van der Waals surface area contributed by atoms with Gasteiger partial charge in [-0.25, -0.2) is 0 Å². The molecule has 0 radical (unpaired) electrons. The second-order valence-electron chi connectivity index (χ2n) is 3.69. The lowest BCUT2D eigenvalue weighted by atomic mass is 10.1. The van der Waals surface area contributed by atoms with Crippen LogP contribution in [-0.2, 0) is 9.53 Å². The first-order chi connectivity index (χ1) is 8.45. The number of rotatable bonds is 5. The molecule has 1 aromatic rings. The molecule has 1 aromatic carbocycles. The molecule has 0 saturated heterocycles. The Kier molecular flexibility index (Phi) is 5.55. The summed E-state index contributed by atoms with van der Waals surface area (Å²) in [6.07, 6.45) is 0. The Hall–Kier alpha value is -1.14. The summed E-state index contributed by atoms with van der Waals surface area (Å²) >= 11 is 8.37. The third-order valence-corrected chi connectivity index (χ3v) is 3.02. The maximum absolute atomic E-state index is 11.4. The van der Waals surface area contributed by atoms with Crippen molar-refractivity contribution in [1.82, 2.24) is 0 Å². The number of nitrogens with two attached hydrogens (primary N) is 1. The fourth-order valence-corrected chi connectivity index (χ4v) is 2.05. The van der Waals surface area contributed by atoms with Crippen molar-refractivity contribution in [3.05, 3.63) is 28.2 Å². The van der Waals surface area contributed by atoms with E-state index in [0.29, 0.717) is 11.6 Å². The zero-order valence-electron chi connectivity index (χ0n) is 10.3. The zero-order valence-corrected chi connectivity index (χ0v) is 12.7. The molecule has 0 aliphatic carbocycles. The molecular weight excluding hydrogens is 316 g/mol. The molecule has 98 valence electrons. The predicted molar refractivity (Wildman–Crippen MR) is 79.9 cm³/mol. The number of esters is 1. The van der Waals surface area contributed by atoms with Crippen molar-refractivity contribution in [1.29, 1.82) is 0 Å². The monoisotopic (exact) mass is 330 g/mol. The Morgan fingerprint density at radius 3 is 2.78 bits per heavy atom. The Morgan fingerprint density at radius 2 is 2.22 bits per heavy atom. The molecule has 2 N–H and O–H groups in total. The number of benzene rings is 1. The number of likely N-dealkylation sites (N-methyl/N-ethyl adjacent to an activating group) is 1. The van der Waals surface area contributed by atoms with Gasteiger partial charge in [0.25, 0.3) is 0 Å². The highest BCUT2D eigenvalue weighted by Crippen LogP contribution is 2.23. The number of carbonyl (C=O) groups excluding carboxylic acids is 1. The van der Waals surface area contributed by atoms with Gasteiger partial charge in [0, 0.05) is 22.8 Å². The van der Waals surface area contributed by atoms with Crippen LogP contribution < -0.4 is 10.6 Å². The molecule has 0 heterocycles. The van der Waals surface area contributed by atoms with Crippen LogP contribution >= 0.6 is 28.1 Å². The number of halogens is 1. The van der Waals surface area contributed by atoms with Gasteiger partial charge in [-0.3, -0.25) is 4.79 Å². The Bertz CT molecular complexity index is 465. The van der Waals surface area contributed by atoms with Gasteiger partial charge in [0.05, 0.1) is 6.61 Å². The van der Waals surface area contributed by atoms with Gasteiger partial charge in [-0.1, -0.05) is 28.1 Å². The average Bonchev–Trinajstić information content (AvgIpc) is 2.28. The van der Waals surface area contributed by atoms with Crippen LogP contribution in [0.1, 0.15) is 12.5 Å². The van der Waals surface area contributed by atoms with Crippen LogP contribution in [0.4, 0.5) is 5.69 Å². The molecule has 0 unspecified atom stereocenters. The van der Waals surface area contributed by atoms with E-state index in [1.807, 2.05) is 18.2 Å². The quantitative estimate of drug-likeness (QED) is 0.661. The molecule has 18 heavy (non-hydrogen) atoms. The smallest absolute Gasteiger partial charge is 0.325 e. The molecule has 6 heteroatoms. The van der Waals surface area contributed by atoms with Crippen molar-refractivity contribution in [3.63, 3.8) is 0 Å². The van der Waals surface area contributed by atoms with Crippen molar-refractivity contribution in [2.45, 2.75) is 6.92 Å². The lowest BCUT2D eigenvalue weighted by Crippen LogP contribution is -2.29. The van der Waals surface area contributed by atoms with E-state index in [9.17, 15) is 4.79 Å². The molecule has 1 rings (SSSR count). The lowest BCUT2D eigenvalue weighted by Gasteiger charge is -2.21. The highest BCUT2D eigenvalue weighted by molar-refractivity contribution is 9.10. The third kappa shape index (κ3) is 3.96. The van der Waals surface area contributed by atoms with Crippen LogP contribution in [0.3, 0.4) is 0 Å². The van der Waals surface area contributed by atoms with E-state index in [-0.39, 0.29) is 12.5 Å². The first kappa shape index (κ1) is 14.9. The van der Waals surface area contributed by atoms with Gasteiger partial charge in [0.1, 0.15) is 11.5 Å². The predicted octanol–water partition coefficient (Wildman–Crippen LogP) is 2.08. The Labute approximate surface area is 120 Å². The summed E-state index contributed by atoms with van der Waals surface area (Å²) in [6.45, 7) is 2.30. The number of ether oxygens (including phenoxy) is 1. The second-order valence-corrected chi connectivity index (χ2v) is 5.04. The van der Waals surface area contributed by atoms with Gasteiger partial charge in [0.2, 0.25) is 0 Å². The van der Waals surface area contributed by atoms with E-state index in [1.165, 1.54) is 0 Å². The maximum Gasteiger partial charge on any atom is 0.325 e. The van der Waals surface area contributed by atoms with E-state index in [4.69, 9.17) is 22.7 Å². The van der Waals surface area contributed by atoms with E-state index in [1.54, 1.807) is 18.9 Å².